The lowest BCUT2D eigenvalue weighted by Crippen LogP contribution is -2.06. The van der Waals surface area contributed by atoms with Crippen LogP contribution in [0.5, 0.6) is 5.75 Å². The van der Waals surface area contributed by atoms with Crippen LogP contribution in [0.1, 0.15) is 18.1 Å². The Morgan fingerprint density at radius 3 is 2.38 bits per heavy atom. The standard InChI is InChI=1S/C18H18O3/c1-3-15(18(19)20-2)16-11-7-8-12-17(16)21-13-14-9-5-4-6-10-14/h3-12H,13H2,1-2H3/b15-3+. The first-order valence-electron chi connectivity index (χ1n) is 6.77. The minimum Gasteiger partial charge on any atom is -0.488 e. The molecule has 2 aromatic carbocycles. The molecule has 0 aliphatic carbocycles. The predicted octanol–water partition coefficient (Wildman–Crippen LogP) is 3.84. The van der Waals surface area contributed by atoms with E-state index in [1.54, 1.807) is 13.0 Å². The maximum Gasteiger partial charge on any atom is 0.338 e. The van der Waals surface area contributed by atoms with E-state index in [9.17, 15) is 4.79 Å². The van der Waals surface area contributed by atoms with Gasteiger partial charge in [-0.2, -0.15) is 0 Å². The highest BCUT2D eigenvalue weighted by Gasteiger charge is 2.15. The number of rotatable bonds is 5. The van der Waals surface area contributed by atoms with Gasteiger partial charge in [-0.25, -0.2) is 4.79 Å². The van der Waals surface area contributed by atoms with Crippen LogP contribution >= 0.6 is 0 Å². The summed E-state index contributed by atoms with van der Waals surface area (Å²) in [6.07, 6.45) is 1.73. The normalized spacial score (nSPS) is 11.0. The Bertz CT molecular complexity index is 630. The van der Waals surface area contributed by atoms with Crippen LogP contribution in [0, 0.1) is 0 Å². The summed E-state index contributed by atoms with van der Waals surface area (Å²) >= 11 is 0. The molecule has 2 aromatic rings. The van der Waals surface area contributed by atoms with Gasteiger partial charge in [0.25, 0.3) is 0 Å². The molecular formula is C18H18O3. The Kier molecular flexibility index (Phi) is 5.16. The van der Waals surface area contributed by atoms with Gasteiger partial charge in [0.1, 0.15) is 12.4 Å². The molecular weight excluding hydrogens is 264 g/mol. The Labute approximate surface area is 124 Å². The number of hydrogen-bond donors (Lipinski definition) is 0. The number of allylic oxidation sites excluding steroid dienone is 1. The van der Waals surface area contributed by atoms with Gasteiger partial charge in [0, 0.05) is 5.56 Å². The van der Waals surface area contributed by atoms with E-state index in [1.807, 2.05) is 54.6 Å². The van der Waals surface area contributed by atoms with Crippen LogP contribution in [0.25, 0.3) is 5.57 Å². The average Bonchev–Trinajstić information content (AvgIpc) is 2.55. The van der Waals surface area contributed by atoms with Crippen LogP contribution in [0.4, 0.5) is 0 Å². The van der Waals surface area contributed by atoms with E-state index in [0.717, 1.165) is 11.1 Å². The van der Waals surface area contributed by atoms with Crippen molar-refractivity contribution in [3.05, 3.63) is 71.8 Å². The summed E-state index contributed by atoms with van der Waals surface area (Å²) in [5.74, 6) is 0.299. The van der Waals surface area contributed by atoms with Gasteiger partial charge in [0.05, 0.1) is 12.7 Å². The summed E-state index contributed by atoms with van der Waals surface area (Å²) in [7, 11) is 1.37. The number of benzene rings is 2. The van der Waals surface area contributed by atoms with E-state index >= 15 is 0 Å². The maximum atomic E-state index is 11.8. The number of methoxy groups -OCH3 is 1. The van der Waals surface area contributed by atoms with E-state index in [1.165, 1.54) is 7.11 Å². The highest BCUT2D eigenvalue weighted by atomic mass is 16.5. The van der Waals surface area contributed by atoms with Crippen molar-refractivity contribution in [2.45, 2.75) is 13.5 Å². The predicted molar refractivity (Wildman–Crippen MR) is 82.9 cm³/mol. The first kappa shape index (κ1) is 14.9. The van der Waals surface area contributed by atoms with Gasteiger partial charge in [-0.05, 0) is 18.6 Å². The lowest BCUT2D eigenvalue weighted by Gasteiger charge is -2.13. The topological polar surface area (TPSA) is 35.5 Å². The van der Waals surface area contributed by atoms with Crippen molar-refractivity contribution in [3.8, 4) is 5.75 Å². The van der Waals surface area contributed by atoms with Gasteiger partial charge < -0.3 is 9.47 Å². The minimum atomic E-state index is -0.367. The highest BCUT2D eigenvalue weighted by molar-refractivity contribution is 6.17. The zero-order valence-corrected chi connectivity index (χ0v) is 12.2. The van der Waals surface area contributed by atoms with E-state index < -0.39 is 0 Å². The molecule has 21 heavy (non-hydrogen) atoms. The monoisotopic (exact) mass is 282 g/mol. The van der Waals surface area contributed by atoms with E-state index in [0.29, 0.717) is 17.9 Å². The molecule has 2 rings (SSSR count). The van der Waals surface area contributed by atoms with E-state index in [2.05, 4.69) is 0 Å². The molecule has 0 aromatic heterocycles. The van der Waals surface area contributed by atoms with Gasteiger partial charge in [0.15, 0.2) is 0 Å². The van der Waals surface area contributed by atoms with Crippen LogP contribution in [-0.4, -0.2) is 13.1 Å². The fourth-order valence-corrected chi connectivity index (χ4v) is 2.04. The number of esters is 1. The van der Waals surface area contributed by atoms with Crippen LogP contribution in [0.3, 0.4) is 0 Å². The largest absolute Gasteiger partial charge is 0.488 e. The van der Waals surface area contributed by atoms with Crippen LogP contribution in [0.15, 0.2) is 60.7 Å². The summed E-state index contributed by atoms with van der Waals surface area (Å²) in [6.45, 7) is 2.26. The fourth-order valence-electron chi connectivity index (χ4n) is 2.04. The summed E-state index contributed by atoms with van der Waals surface area (Å²) in [5.41, 5.74) is 2.32. The number of para-hydroxylation sites is 1. The molecule has 0 saturated heterocycles. The second-order valence-corrected chi connectivity index (χ2v) is 4.46. The highest BCUT2D eigenvalue weighted by Crippen LogP contribution is 2.27. The first-order chi connectivity index (χ1) is 10.3. The molecule has 0 radical (unpaired) electrons. The van der Waals surface area contributed by atoms with Crippen molar-refractivity contribution in [1.82, 2.24) is 0 Å². The molecule has 108 valence electrons. The average molecular weight is 282 g/mol. The van der Waals surface area contributed by atoms with Crippen molar-refractivity contribution >= 4 is 11.5 Å². The SMILES string of the molecule is C/C=C(/C(=O)OC)c1ccccc1OCc1ccccc1. The molecule has 0 aliphatic heterocycles. The number of carbonyl (C=O) groups excluding carboxylic acids is 1. The number of carbonyl (C=O) groups is 1. The molecule has 0 bridgehead atoms. The van der Waals surface area contributed by atoms with Crippen LogP contribution in [0.2, 0.25) is 0 Å². The van der Waals surface area contributed by atoms with Crippen LogP contribution < -0.4 is 4.74 Å². The first-order valence-corrected chi connectivity index (χ1v) is 6.77. The smallest absolute Gasteiger partial charge is 0.338 e. The van der Waals surface area contributed by atoms with Gasteiger partial charge in [0.2, 0.25) is 0 Å². The fraction of sp³-hybridized carbons (Fsp3) is 0.167. The van der Waals surface area contributed by atoms with Crippen molar-refractivity contribution in [1.29, 1.82) is 0 Å². The van der Waals surface area contributed by atoms with Gasteiger partial charge in [-0.15, -0.1) is 0 Å². The van der Waals surface area contributed by atoms with Gasteiger partial charge in [-0.3, -0.25) is 0 Å². The molecule has 0 atom stereocenters. The lowest BCUT2D eigenvalue weighted by atomic mass is 10.0. The maximum absolute atomic E-state index is 11.8. The molecule has 0 fully saturated rings. The van der Waals surface area contributed by atoms with E-state index in [4.69, 9.17) is 9.47 Å². The third kappa shape index (κ3) is 3.72. The second kappa shape index (κ2) is 7.29. The Morgan fingerprint density at radius 1 is 1.05 bits per heavy atom. The second-order valence-electron chi connectivity index (χ2n) is 4.46. The molecule has 3 heteroatoms. The third-order valence-corrected chi connectivity index (χ3v) is 3.11. The minimum absolute atomic E-state index is 0.367. The quantitative estimate of drug-likeness (QED) is 0.617. The van der Waals surface area contributed by atoms with Crippen molar-refractivity contribution in [2.75, 3.05) is 7.11 Å². The molecule has 3 nitrogen and oxygen atoms in total. The molecule has 0 aliphatic rings. The summed E-state index contributed by atoms with van der Waals surface area (Å²) in [5, 5.41) is 0. The molecule has 0 unspecified atom stereocenters. The third-order valence-electron chi connectivity index (χ3n) is 3.11. The number of ether oxygens (including phenoxy) is 2. The lowest BCUT2D eigenvalue weighted by molar-refractivity contribution is -0.133. The zero-order valence-electron chi connectivity index (χ0n) is 12.2. The van der Waals surface area contributed by atoms with Crippen molar-refractivity contribution in [2.24, 2.45) is 0 Å². The Balaban J connectivity index is 2.23. The molecule has 0 heterocycles. The molecule has 0 spiro atoms. The van der Waals surface area contributed by atoms with Gasteiger partial charge >= 0.3 is 5.97 Å². The summed E-state index contributed by atoms with van der Waals surface area (Å²) in [6, 6.07) is 17.4. The van der Waals surface area contributed by atoms with Gasteiger partial charge in [-0.1, -0.05) is 54.6 Å². The Morgan fingerprint density at radius 2 is 1.71 bits per heavy atom. The van der Waals surface area contributed by atoms with Crippen molar-refractivity contribution in [3.63, 3.8) is 0 Å². The molecule has 0 amide bonds. The molecule has 0 saturated carbocycles. The Hall–Kier alpha value is -2.55. The zero-order chi connectivity index (χ0) is 15.1. The van der Waals surface area contributed by atoms with Crippen LogP contribution in [-0.2, 0) is 16.1 Å². The van der Waals surface area contributed by atoms with E-state index in [-0.39, 0.29) is 5.97 Å². The molecule has 0 N–H and O–H groups in total. The summed E-state index contributed by atoms with van der Waals surface area (Å²) in [4.78, 5) is 11.8. The van der Waals surface area contributed by atoms with Crippen molar-refractivity contribution < 1.29 is 14.3 Å². The number of hydrogen-bond acceptors (Lipinski definition) is 3. The summed E-state index contributed by atoms with van der Waals surface area (Å²) < 4.78 is 10.7.